The lowest BCUT2D eigenvalue weighted by Gasteiger charge is -2.16. The van der Waals surface area contributed by atoms with Crippen molar-refractivity contribution in [2.24, 2.45) is 0 Å². The van der Waals surface area contributed by atoms with Crippen molar-refractivity contribution in [2.45, 2.75) is 20.1 Å². The van der Waals surface area contributed by atoms with Crippen LogP contribution in [0.25, 0.3) is 0 Å². The summed E-state index contributed by atoms with van der Waals surface area (Å²) in [6.07, 6.45) is 0. The maximum absolute atomic E-state index is 12.8. The largest absolute Gasteiger partial charge is 0.493 e. The Bertz CT molecular complexity index is 815. The SMILES string of the molecule is CCOc1cccc(COC(=O)c2cc(OC)c(OC)c(OC)c2)c1OC(F)F. The third kappa shape index (κ3) is 5.40. The molecular weight excluding hydrogens is 390 g/mol. The molecule has 0 heterocycles. The third-order valence-electron chi connectivity index (χ3n) is 3.83. The van der Waals surface area contributed by atoms with Gasteiger partial charge >= 0.3 is 12.6 Å². The summed E-state index contributed by atoms with van der Waals surface area (Å²) >= 11 is 0. The number of para-hydroxylation sites is 1. The van der Waals surface area contributed by atoms with Crippen molar-refractivity contribution in [3.05, 3.63) is 41.5 Å². The van der Waals surface area contributed by atoms with Gasteiger partial charge in [-0.25, -0.2) is 4.79 Å². The molecule has 29 heavy (non-hydrogen) atoms. The Kier molecular flexibility index (Phi) is 7.88. The molecule has 0 aliphatic heterocycles. The number of halogens is 2. The molecule has 0 fully saturated rings. The standard InChI is InChI=1S/C20H22F2O7/c1-5-27-14-8-6-7-12(17(14)29-20(21)22)11-28-19(23)13-9-15(24-2)18(26-4)16(10-13)25-3/h6-10,20H,5,11H2,1-4H3. The van der Waals surface area contributed by atoms with Crippen LogP contribution in [0.5, 0.6) is 28.7 Å². The highest BCUT2D eigenvalue weighted by Crippen LogP contribution is 2.38. The molecule has 2 aromatic rings. The summed E-state index contributed by atoms with van der Waals surface area (Å²) in [4.78, 5) is 12.5. The van der Waals surface area contributed by atoms with E-state index in [-0.39, 0.29) is 47.3 Å². The molecule has 0 saturated carbocycles. The van der Waals surface area contributed by atoms with E-state index in [0.29, 0.717) is 5.75 Å². The van der Waals surface area contributed by atoms with E-state index in [4.69, 9.17) is 23.7 Å². The first-order chi connectivity index (χ1) is 13.9. The van der Waals surface area contributed by atoms with E-state index < -0.39 is 12.6 Å². The number of alkyl halides is 2. The van der Waals surface area contributed by atoms with Crippen LogP contribution in [0.2, 0.25) is 0 Å². The number of carbonyl (C=O) groups excluding carboxylic acids is 1. The molecule has 7 nitrogen and oxygen atoms in total. The van der Waals surface area contributed by atoms with Gasteiger partial charge in [0.1, 0.15) is 6.61 Å². The van der Waals surface area contributed by atoms with E-state index in [2.05, 4.69) is 4.74 Å². The highest BCUT2D eigenvalue weighted by molar-refractivity contribution is 5.91. The van der Waals surface area contributed by atoms with E-state index in [9.17, 15) is 13.6 Å². The van der Waals surface area contributed by atoms with Gasteiger partial charge in [0.25, 0.3) is 0 Å². The summed E-state index contributed by atoms with van der Waals surface area (Å²) in [5.41, 5.74) is 0.369. The molecule has 0 radical (unpaired) electrons. The van der Waals surface area contributed by atoms with Gasteiger partial charge in [-0.1, -0.05) is 12.1 Å². The highest BCUT2D eigenvalue weighted by Gasteiger charge is 2.20. The number of ether oxygens (including phenoxy) is 6. The van der Waals surface area contributed by atoms with Crippen molar-refractivity contribution in [1.29, 1.82) is 0 Å². The number of rotatable bonds is 10. The summed E-state index contributed by atoms with van der Waals surface area (Å²) in [7, 11) is 4.27. The number of carbonyl (C=O) groups is 1. The van der Waals surface area contributed by atoms with E-state index >= 15 is 0 Å². The van der Waals surface area contributed by atoms with Crippen LogP contribution in [0, 0.1) is 0 Å². The van der Waals surface area contributed by atoms with Crippen molar-refractivity contribution in [3.63, 3.8) is 0 Å². The van der Waals surface area contributed by atoms with Crippen molar-refractivity contribution >= 4 is 5.97 Å². The van der Waals surface area contributed by atoms with Gasteiger partial charge in [-0.15, -0.1) is 0 Å². The molecule has 0 saturated heterocycles. The molecule has 0 spiro atoms. The molecule has 0 bridgehead atoms. The van der Waals surface area contributed by atoms with Crippen LogP contribution in [0.1, 0.15) is 22.8 Å². The fraction of sp³-hybridized carbons (Fsp3) is 0.350. The van der Waals surface area contributed by atoms with Crippen LogP contribution in [-0.2, 0) is 11.3 Å². The Morgan fingerprint density at radius 3 is 2.14 bits per heavy atom. The molecule has 0 atom stereocenters. The number of hydrogen-bond acceptors (Lipinski definition) is 7. The van der Waals surface area contributed by atoms with E-state index in [1.54, 1.807) is 13.0 Å². The van der Waals surface area contributed by atoms with Crippen LogP contribution in [0.3, 0.4) is 0 Å². The van der Waals surface area contributed by atoms with E-state index in [1.165, 1.54) is 45.6 Å². The smallest absolute Gasteiger partial charge is 0.387 e. The van der Waals surface area contributed by atoms with Crippen LogP contribution >= 0.6 is 0 Å². The second-order valence-corrected chi connectivity index (χ2v) is 5.55. The average molecular weight is 412 g/mol. The summed E-state index contributed by atoms with van der Waals surface area (Å²) in [6, 6.07) is 7.44. The minimum Gasteiger partial charge on any atom is -0.493 e. The number of methoxy groups -OCH3 is 3. The number of benzene rings is 2. The van der Waals surface area contributed by atoms with E-state index in [0.717, 1.165) is 0 Å². The predicted octanol–water partition coefficient (Wildman–Crippen LogP) is 4.07. The van der Waals surface area contributed by atoms with Crippen molar-refractivity contribution < 1.29 is 42.0 Å². The van der Waals surface area contributed by atoms with Gasteiger partial charge in [0.05, 0.1) is 33.5 Å². The fourth-order valence-electron chi connectivity index (χ4n) is 2.59. The Balaban J connectivity index is 2.26. The Labute approximate surface area is 167 Å². The third-order valence-corrected chi connectivity index (χ3v) is 3.83. The Morgan fingerprint density at radius 1 is 0.966 bits per heavy atom. The summed E-state index contributed by atoms with van der Waals surface area (Å²) in [5.74, 6) is 0.117. The van der Waals surface area contributed by atoms with Gasteiger partial charge in [-0.05, 0) is 25.1 Å². The lowest BCUT2D eigenvalue weighted by molar-refractivity contribution is -0.0526. The molecule has 0 aliphatic carbocycles. The van der Waals surface area contributed by atoms with Gasteiger partial charge in [0, 0.05) is 5.56 Å². The van der Waals surface area contributed by atoms with Gasteiger partial charge in [-0.2, -0.15) is 8.78 Å². The molecule has 0 unspecified atom stereocenters. The number of esters is 1. The predicted molar refractivity (Wildman–Crippen MR) is 99.5 cm³/mol. The Hall–Kier alpha value is -3.23. The molecule has 2 rings (SSSR count). The van der Waals surface area contributed by atoms with Crippen molar-refractivity contribution in [3.8, 4) is 28.7 Å². The van der Waals surface area contributed by atoms with Gasteiger partial charge in [0.2, 0.25) is 5.75 Å². The van der Waals surface area contributed by atoms with Crippen LogP contribution < -0.4 is 23.7 Å². The first-order valence-corrected chi connectivity index (χ1v) is 8.61. The molecule has 0 aliphatic rings. The second kappa shape index (κ2) is 10.4. The molecule has 0 aromatic heterocycles. The van der Waals surface area contributed by atoms with Crippen LogP contribution in [-0.4, -0.2) is 40.5 Å². The molecule has 9 heteroatoms. The lowest BCUT2D eigenvalue weighted by Crippen LogP contribution is -2.10. The van der Waals surface area contributed by atoms with E-state index in [1.807, 2.05) is 0 Å². The first-order valence-electron chi connectivity index (χ1n) is 8.61. The zero-order chi connectivity index (χ0) is 21.4. The zero-order valence-corrected chi connectivity index (χ0v) is 16.5. The molecule has 0 N–H and O–H groups in total. The monoisotopic (exact) mass is 412 g/mol. The van der Waals surface area contributed by atoms with Gasteiger partial charge in [-0.3, -0.25) is 0 Å². The van der Waals surface area contributed by atoms with Crippen molar-refractivity contribution in [2.75, 3.05) is 27.9 Å². The maximum atomic E-state index is 12.8. The van der Waals surface area contributed by atoms with Crippen molar-refractivity contribution in [1.82, 2.24) is 0 Å². The zero-order valence-electron chi connectivity index (χ0n) is 16.5. The summed E-state index contributed by atoms with van der Waals surface area (Å²) in [6.45, 7) is -1.39. The summed E-state index contributed by atoms with van der Waals surface area (Å²) < 4.78 is 56.4. The minimum atomic E-state index is -3.05. The lowest BCUT2D eigenvalue weighted by atomic mass is 10.1. The molecular formula is C20H22F2O7. The Morgan fingerprint density at radius 2 is 1.62 bits per heavy atom. The molecule has 2 aromatic carbocycles. The fourth-order valence-corrected chi connectivity index (χ4v) is 2.59. The quantitative estimate of drug-likeness (QED) is 0.545. The molecule has 0 amide bonds. The average Bonchev–Trinajstić information content (AvgIpc) is 2.72. The van der Waals surface area contributed by atoms with Gasteiger partial charge in [0.15, 0.2) is 23.0 Å². The highest BCUT2D eigenvalue weighted by atomic mass is 19.3. The number of hydrogen-bond donors (Lipinski definition) is 0. The minimum absolute atomic E-state index is 0.133. The second-order valence-electron chi connectivity index (χ2n) is 5.55. The normalized spacial score (nSPS) is 10.4. The summed E-state index contributed by atoms with van der Waals surface area (Å²) in [5, 5.41) is 0. The first kappa shape index (κ1) is 22.1. The van der Waals surface area contributed by atoms with Gasteiger partial charge < -0.3 is 28.4 Å². The van der Waals surface area contributed by atoms with Crippen LogP contribution in [0.4, 0.5) is 8.78 Å². The molecule has 158 valence electrons. The van der Waals surface area contributed by atoms with Crippen LogP contribution in [0.15, 0.2) is 30.3 Å². The maximum Gasteiger partial charge on any atom is 0.387 e. The topological polar surface area (TPSA) is 72.5 Å².